The van der Waals surface area contributed by atoms with E-state index < -0.39 is 18.0 Å². The number of aryl methyl sites for hydroxylation is 2. The molecule has 0 aliphatic rings. The van der Waals surface area contributed by atoms with Gasteiger partial charge in [-0.25, -0.2) is 14.8 Å². The number of esters is 1. The number of hydrogen-bond acceptors (Lipinski definition) is 6. The molecule has 4 aromatic carbocycles. The molecule has 41 heavy (non-hydrogen) atoms. The average molecular weight is 546 g/mol. The summed E-state index contributed by atoms with van der Waals surface area (Å²) >= 11 is 0. The second kappa shape index (κ2) is 12.0. The van der Waals surface area contributed by atoms with E-state index in [1.165, 1.54) is 0 Å². The van der Waals surface area contributed by atoms with Crippen molar-refractivity contribution < 1.29 is 19.1 Å². The Morgan fingerprint density at radius 1 is 0.756 bits per heavy atom. The lowest BCUT2D eigenvalue weighted by atomic mass is 10.0. The summed E-state index contributed by atoms with van der Waals surface area (Å²) in [6, 6.07) is 28.3. The summed E-state index contributed by atoms with van der Waals surface area (Å²) in [5, 5.41) is 2.79. The average Bonchev–Trinajstić information content (AvgIpc) is 3.00. The molecule has 206 valence electrons. The summed E-state index contributed by atoms with van der Waals surface area (Å²) in [5.41, 5.74) is 7.75. The molecule has 7 heteroatoms. The van der Waals surface area contributed by atoms with E-state index in [1.807, 2.05) is 62.4 Å². The first-order valence-corrected chi connectivity index (χ1v) is 13.5. The fraction of sp³-hybridized carbons (Fsp3) is 0.176. The van der Waals surface area contributed by atoms with Crippen LogP contribution >= 0.6 is 0 Å². The summed E-state index contributed by atoms with van der Waals surface area (Å²) in [6.45, 7) is 5.87. The molecule has 0 saturated heterocycles. The van der Waals surface area contributed by atoms with Crippen LogP contribution in [0.15, 0.2) is 91.0 Å². The van der Waals surface area contributed by atoms with Gasteiger partial charge >= 0.3 is 5.97 Å². The highest BCUT2D eigenvalue weighted by Gasteiger charge is 2.23. The Kier molecular flexibility index (Phi) is 8.06. The lowest BCUT2D eigenvalue weighted by Gasteiger charge is -2.16. The van der Waals surface area contributed by atoms with Crippen molar-refractivity contribution in [2.45, 2.75) is 33.3 Å². The smallest absolute Gasteiger partial charge is 0.338 e. The van der Waals surface area contributed by atoms with Crippen LogP contribution in [0.1, 0.15) is 34.8 Å². The van der Waals surface area contributed by atoms with Crippen molar-refractivity contribution in [2.75, 3.05) is 12.4 Å². The van der Waals surface area contributed by atoms with Gasteiger partial charge in [0.05, 0.1) is 35.1 Å². The maximum absolute atomic E-state index is 13.1. The molecule has 5 rings (SSSR count). The van der Waals surface area contributed by atoms with Crippen molar-refractivity contribution in [3.63, 3.8) is 0 Å². The Morgan fingerprint density at radius 2 is 1.32 bits per heavy atom. The number of carbonyl (C=O) groups excluding carboxylic acids is 2. The first kappa shape index (κ1) is 27.5. The SMILES string of the molecule is CCC(OC(=O)c1ccc2nc(-c3ccc(C)cc3)c(-c3ccc(C)cc3)nc2c1)C(=O)Nc1ccc(OC)cc1. The number of hydrogen-bond donors (Lipinski definition) is 1. The van der Waals surface area contributed by atoms with Gasteiger partial charge in [0.25, 0.3) is 5.91 Å². The van der Waals surface area contributed by atoms with Gasteiger partial charge in [0.15, 0.2) is 6.10 Å². The zero-order chi connectivity index (χ0) is 28.9. The van der Waals surface area contributed by atoms with E-state index in [1.54, 1.807) is 56.5 Å². The van der Waals surface area contributed by atoms with Crippen molar-refractivity contribution in [3.05, 3.63) is 108 Å². The number of nitrogens with one attached hydrogen (secondary N) is 1. The van der Waals surface area contributed by atoms with Gasteiger partial charge in [0.1, 0.15) is 5.75 Å². The molecule has 0 fully saturated rings. The number of carbonyl (C=O) groups is 2. The van der Waals surface area contributed by atoms with E-state index in [9.17, 15) is 9.59 Å². The minimum absolute atomic E-state index is 0.292. The maximum atomic E-state index is 13.1. The van der Waals surface area contributed by atoms with E-state index in [4.69, 9.17) is 19.4 Å². The molecule has 0 aliphatic heterocycles. The Morgan fingerprint density at radius 3 is 1.85 bits per heavy atom. The maximum Gasteiger partial charge on any atom is 0.338 e. The van der Waals surface area contributed by atoms with Gasteiger partial charge in [-0.2, -0.15) is 0 Å². The number of anilines is 1. The summed E-state index contributed by atoms with van der Waals surface area (Å²) in [6.07, 6.45) is -0.642. The zero-order valence-corrected chi connectivity index (χ0v) is 23.5. The minimum Gasteiger partial charge on any atom is -0.497 e. The quantitative estimate of drug-likeness (QED) is 0.208. The zero-order valence-electron chi connectivity index (χ0n) is 23.5. The molecule has 1 aromatic heterocycles. The molecule has 0 saturated carbocycles. The topological polar surface area (TPSA) is 90.4 Å². The lowest BCUT2D eigenvalue weighted by molar-refractivity contribution is -0.124. The highest BCUT2D eigenvalue weighted by molar-refractivity contribution is 5.99. The number of benzene rings is 4. The predicted octanol–water partition coefficient (Wildman–Crippen LogP) is 7.16. The second-order valence-corrected chi connectivity index (χ2v) is 9.88. The van der Waals surface area contributed by atoms with E-state index in [-0.39, 0.29) is 0 Å². The van der Waals surface area contributed by atoms with Crippen LogP contribution in [0.25, 0.3) is 33.5 Å². The summed E-state index contributed by atoms with van der Waals surface area (Å²) < 4.78 is 10.8. The molecule has 1 heterocycles. The van der Waals surface area contributed by atoms with E-state index in [0.29, 0.717) is 34.5 Å². The number of rotatable bonds is 8. The Hall–Kier alpha value is -5.04. The number of methoxy groups -OCH3 is 1. The molecular weight excluding hydrogens is 514 g/mol. The van der Waals surface area contributed by atoms with Crippen molar-refractivity contribution in [1.82, 2.24) is 9.97 Å². The van der Waals surface area contributed by atoms with Gasteiger partial charge in [-0.15, -0.1) is 0 Å². The molecule has 0 bridgehead atoms. The largest absolute Gasteiger partial charge is 0.497 e. The molecule has 1 N–H and O–H groups in total. The molecule has 0 spiro atoms. The van der Waals surface area contributed by atoms with Crippen molar-refractivity contribution in [2.24, 2.45) is 0 Å². The van der Waals surface area contributed by atoms with Crippen LogP contribution in [0, 0.1) is 13.8 Å². The van der Waals surface area contributed by atoms with E-state index >= 15 is 0 Å². The van der Waals surface area contributed by atoms with Crippen molar-refractivity contribution in [3.8, 4) is 28.3 Å². The first-order valence-electron chi connectivity index (χ1n) is 13.5. The second-order valence-electron chi connectivity index (χ2n) is 9.88. The van der Waals surface area contributed by atoms with Crippen molar-refractivity contribution >= 4 is 28.6 Å². The molecular formula is C34H31N3O4. The molecule has 1 atom stereocenters. The summed E-state index contributed by atoms with van der Waals surface area (Å²) in [4.78, 5) is 35.9. The highest BCUT2D eigenvalue weighted by atomic mass is 16.5. The van der Waals surface area contributed by atoms with Gasteiger partial charge in [0, 0.05) is 16.8 Å². The van der Waals surface area contributed by atoms with Crippen LogP contribution in [-0.2, 0) is 9.53 Å². The van der Waals surface area contributed by atoms with Crippen LogP contribution < -0.4 is 10.1 Å². The predicted molar refractivity (Wildman–Crippen MR) is 161 cm³/mol. The van der Waals surface area contributed by atoms with Crippen LogP contribution in [-0.4, -0.2) is 35.1 Å². The van der Waals surface area contributed by atoms with Crippen LogP contribution in [0.2, 0.25) is 0 Å². The third kappa shape index (κ3) is 6.25. The molecule has 5 aromatic rings. The van der Waals surface area contributed by atoms with Gasteiger partial charge < -0.3 is 14.8 Å². The standard InChI is InChI=1S/C34H31N3O4/c1-5-30(33(38)35-26-15-17-27(40-4)18-16-26)41-34(39)25-14-19-28-29(20-25)37-32(24-12-8-22(3)9-13-24)31(36-28)23-10-6-21(2)7-11-23/h6-20,30H,5H2,1-4H3,(H,35,38). The number of fused-ring (bicyclic) bond motifs is 1. The fourth-order valence-electron chi connectivity index (χ4n) is 4.42. The van der Waals surface area contributed by atoms with Crippen molar-refractivity contribution in [1.29, 1.82) is 0 Å². The van der Waals surface area contributed by atoms with Gasteiger partial charge in [0.2, 0.25) is 0 Å². The monoisotopic (exact) mass is 545 g/mol. The van der Waals surface area contributed by atoms with Gasteiger partial charge in [-0.3, -0.25) is 4.79 Å². The van der Waals surface area contributed by atoms with Crippen LogP contribution in [0.4, 0.5) is 5.69 Å². The Balaban J connectivity index is 1.44. The lowest BCUT2D eigenvalue weighted by Crippen LogP contribution is -2.32. The number of ether oxygens (including phenoxy) is 2. The summed E-state index contributed by atoms with van der Waals surface area (Å²) in [5.74, 6) is -0.335. The van der Waals surface area contributed by atoms with E-state index in [0.717, 1.165) is 33.6 Å². The molecule has 0 radical (unpaired) electrons. The molecule has 0 aliphatic carbocycles. The number of amides is 1. The minimum atomic E-state index is -0.960. The van der Waals surface area contributed by atoms with Crippen LogP contribution in [0.5, 0.6) is 5.75 Å². The van der Waals surface area contributed by atoms with Gasteiger partial charge in [-0.1, -0.05) is 66.6 Å². The molecule has 7 nitrogen and oxygen atoms in total. The first-order chi connectivity index (χ1) is 19.8. The third-order valence-electron chi connectivity index (χ3n) is 6.82. The fourth-order valence-corrected chi connectivity index (χ4v) is 4.42. The Bertz CT molecular complexity index is 1700. The molecule has 1 unspecified atom stereocenters. The third-order valence-corrected chi connectivity index (χ3v) is 6.82. The Labute approximate surface area is 239 Å². The number of nitrogens with zero attached hydrogens (tertiary/aromatic N) is 2. The number of aromatic nitrogens is 2. The van der Waals surface area contributed by atoms with Gasteiger partial charge in [-0.05, 0) is 62.7 Å². The van der Waals surface area contributed by atoms with Crippen LogP contribution in [0.3, 0.4) is 0 Å². The molecule has 1 amide bonds. The highest BCUT2D eigenvalue weighted by Crippen LogP contribution is 2.32. The van der Waals surface area contributed by atoms with E-state index in [2.05, 4.69) is 5.32 Å². The normalized spacial score (nSPS) is 11.6. The summed E-state index contributed by atoms with van der Waals surface area (Å²) in [7, 11) is 1.57.